The van der Waals surface area contributed by atoms with Crippen LogP contribution in [0.4, 0.5) is 14.5 Å². The van der Waals surface area contributed by atoms with Gasteiger partial charge in [-0.05, 0) is 19.1 Å². The Morgan fingerprint density at radius 3 is 2.70 bits per heavy atom. The maximum Gasteiger partial charge on any atom is 0.244 e. The van der Waals surface area contributed by atoms with Crippen molar-refractivity contribution in [1.82, 2.24) is 9.71 Å². The van der Waals surface area contributed by atoms with Gasteiger partial charge >= 0.3 is 0 Å². The standard InChI is InChI=1S/C11H11F2N3O3S/c1-6-4-15-9(19-6)5-16-20(17,18)8-3-2-7(12)11(14)10(8)13/h2-4,16H,5,14H2,1H3. The minimum atomic E-state index is -4.19. The van der Waals surface area contributed by atoms with Gasteiger partial charge in [-0.2, -0.15) is 0 Å². The van der Waals surface area contributed by atoms with Crippen LogP contribution >= 0.6 is 0 Å². The largest absolute Gasteiger partial charge is 0.445 e. The van der Waals surface area contributed by atoms with E-state index in [0.29, 0.717) is 5.76 Å². The summed E-state index contributed by atoms with van der Waals surface area (Å²) in [5.41, 5.74) is 4.27. The number of nitrogen functional groups attached to an aromatic ring is 1. The molecule has 108 valence electrons. The number of aromatic nitrogens is 1. The maximum absolute atomic E-state index is 13.7. The lowest BCUT2D eigenvalue weighted by Crippen LogP contribution is -2.24. The Hall–Kier alpha value is -2.00. The summed E-state index contributed by atoms with van der Waals surface area (Å²) in [5.74, 6) is -1.72. The van der Waals surface area contributed by atoms with Crippen LogP contribution in [0.1, 0.15) is 11.7 Å². The molecule has 0 saturated heterocycles. The zero-order valence-electron chi connectivity index (χ0n) is 10.4. The highest BCUT2D eigenvalue weighted by Crippen LogP contribution is 2.22. The van der Waals surface area contributed by atoms with Crippen molar-refractivity contribution in [3.05, 3.63) is 41.6 Å². The molecule has 9 heteroatoms. The molecule has 0 aliphatic rings. The first kappa shape index (κ1) is 14.4. The Morgan fingerprint density at radius 1 is 1.40 bits per heavy atom. The van der Waals surface area contributed by atoms with Crippen LogP contribution in [0.15, 0.2) is 27.6 Å². The van der Waals surface area contributed by atoms with Crippen LogP contribution in [0.5, 0.6) is 0 Å². The minimum absolute atomic E-state index is 0.126. The fourth-order valence-electron chi connectivity index (χ4n) is 1.47. The number of oxazole rings is 1. The number of rotatable bonds is 4. The van der Waals surface area contributed by atoms with Gasteiger partial charge in [0.05, 0.1) is 12.7 Å². The van der Waals surface area contributed by atoms with Crippen LogP contribution < -0.4 is 10.5 Å². The Kier molecular flexibility index (Phi) is 3.73. The summed E-state index contributed by atoms with van der Waals surface area (Å²) in [6.45, 7) is 1.39. The summed E-state index contributed by atoms with van der Waals surface area (Å²) in [6, 6.07) is 1.58. The number of nitrogens with two attached hydrogens (primary N) is 1. The highest BCUT2D eigenvalue weighted by molar-refractivity contribution is 7.89. The van der Waals surface area contributed by atoms with Crippen molar-refractivity contribution in [3.8, 4) is 0 Å². The number of aryl methyl sites for hydroxylation is 1. The van der Waals surface area contributed by atoms with Crippen molar-refractivity contribution in [1.29, 1.82) is 0 Å². The number of anilines is 1. The summed E-state index contributed by atoms with van der Waals surface area (Å²) in [7, 11) is -4.19. The van der Waals surface area contributed by atoms with Gasteiger partial charge in [0, 0.05) is 0 Å². The Labute approximate surface area is 113 Å². The van der Waals surface area contributed by atoms with Gasteiger partial charge in [-0.15, -0.1) is 0 Å². The molecule has 0 atom stereocenters. The minimum Gasteiger partial charge on any atom is -0.445 e. The van der Waals surface area contributed by atoms with E-state index in [1.54, 1.807) is 6.92 Å². The third-order valence-corrected chi connectivity index (χ3v) is 3.88. The summed E-state index contributed by atoms with van der Waals surface area (Å²) in [4.78, 5) is 3.06. The van der Waals surface area contributed by atoms with E-state index in [4.69, 9.17) is 10.2 Å². The molecule has 2 rings (SSSR count). The van der Waals surface area contributed by atoms with Gasteiger partial charge in [-0.25, -0.2) is 26.9 Å². The Bertz CT molecular complexity index is 743. The smallest absolute Gasteiger partial charge is 0.244 e. The van der Waals surface area contributed by atoms with Crippen LogP contribution in [0.3, 0.4) is 0 Å². The van der Waals surface area contributed by atoms with Gasteiger partial charge in [0.2, 0.25) is 15.9 Å². The predicted octanol–water partition coefficient (Wildman–Crippen LogP) is 1.32. The van der Waals surface area contributed by atoms with E-state index in [0.717, 1.165) is 12.1 Å². The van der Waals surface area contributed by atoms with E-state index in [2.05, 4.69) is 9.71 Å². The molecule has 0 bridgehead atoms. The van der Waals surface area contributed by atoms with Gasteiger partial charge in [0.25, 0.3) is 0 Å². The second kappa shape index (κ2) is 5.17. The van der Waals surface area contributed by atoms with E-state index in [-0.39, 0.29) is 12.4 Å². The SMILES string of the molecule is Cc1cnc(CNS(=O)(=O)c2ccc(F)c(N)c2F)o1. The monoisotopic (exact) mass is 303 g/mol. The van der Waals surface area contributed by atoms with Crippen LogP contribution in [0, 0.1) is 18.6 Å². The molecule has 0 fully saturated rings. The van der Waals surface area contributed by atoms with Gasteiger partial charge in [0.1, 0.15) is 22.2 Å². The number of halogens is 2. The number of nitrogens with one attached hydrogen (secondary N) is 1. The summed E-state index contributed by atoms with van der Waals surface area (Å²) < 4.78 is 57.6. The molecule has 0 unspecified atom stereocenters. The molecule has 6 nitrogen and oxygen atoms in total. The molecular formula is C11H11F2N3O3S. The molecule has 0 spiro atoms. The van der Waals surface area contributed by atoms with Gasteiger partial charge < -0.3 is 10.2 Å². The van der Waals surface area contributed by atoms with E-state index in [1.807, 2.05) is 0 Å². The van der Waals surface area contributed by atoms with Crippen LogP contribution in [0.25, 0.3) is 0 Å². The highest BCUT2D eigenvalue weighted by Gasteiger charge is 2.22. The number of hydrogen-bond acceptors (Lipinski definition) is 5. The molecule has 1 aromatic heterocycles. The van der Waals surface area contributed by atoms with E-state index < -0.39 is 32.2 Å². The lowest BCUT2D eigenvalue weighted by atomic mass is 10.3. The van der Waals surface area contributed by atoms with Crippen molar-refractivity contribution in [2.75, 3.05) is 5.73 Å². The first-order valence-electron chi connectivity index (χ1n) is 5.45. The van der Waals surface area contributed by atoms with Crippen molar-refractivity contribution in [2.24, 2.45) is 0 Å². The second-order valence-electron chi connectivity index (χ2n) is 3.96. The third kappa shape index (κ3) is 2.78. The van der Waals surface area contributed by atoms with E-state index in [9.17, 15) is 17.2 Å². The highest BCUT2D eigenvalue weighted by atomic mass is 32.2. The molecule has 0 amide bonds. The average molecular weight is 303 g/mol. The number of benzene rings is 1. The number of sulfonamides is 1. The molecule has 0 saturated carbocycles. The molecule has 2 aromatic rings. The number of nitrogens with zero attached hydrogens (tertiary/aromatic N) is 1. The second-order valence-corrected chi connectivity index (χ2v) is 5.70. The van der Waals surface area contributed by atoms with E-state index in [1.165, 1.54) is 6.20 Å². The van der Waals surface area contributed by atoms with Crippen molar-refractivity contribution in [2.45, 2.75) is 18.4 Å². The van der Waals surface area contributed by atoms with Crippen molar-refractivity contribution >= 4 is 15.7 Å². The molecule has 20 heavy (non-hydrogen) atoms. The maximum atomic E-state index is 13.7. The topological polar surface area (TPSA) is 98.2 Å². The quantitative estimate of drug-likeness (QED) is 0.830. The molecular weight excluding hydrogens is 292 g/mol. The Morgan fingerprint density at radius 2 is 2.10 bits per heavy atom. The normalized spacial score (nSPS) is 11.8. The Balaban J connectivity index is 2.25. The van der Waals surface area contributed by atoms with Gasteiger partial charge in [0.15, 0.2) is 5.82 Å². The van der Waals surface area contributed by atoms with Crippen LogP contribution in [0.2, 0.25) is 0 Å². The predicted molar refractivity (Wildman–Crippen MR) is 66.0 cm³/mol. The lowest BCUT2D eigenvalue weighted by Gasteiger charge is -2.08. The van der Waals surface area contributed by atoms with Gasteiger partial charge in [-0.1, -0.05) is 0 Å². The van der Waals surface area contributed by atoms with E-state index >= 15 is 0 Å². The van der Waals surface area contributed by atoms with Crippen molar-refractivity contribution in [3.63, 3.8) is 0 Å². The third-order valence-electron chi connectivity index (χ3n) is 2.46. The molecule has 0 aliphatic heterocycles. The fraction of sp³-hybridized carbons (Fsp3) is 0.182. The summed E-state index contributed by atoms with van der Waals surface area (Å²) in [5, 5.41) is 0. The molecule has 0 radical (unpaired) electrons. The zero-order valence-corrected chi connectivity index (χ0v) is 11.2. The zero-order chi connectivity index (χ0) is 14.9. The first-order valence-corrected chi connectivity index (χ1v) is 6.94. The summed E-state index contributed by atoms with van der Waals surface area (Å²) >= 11 is 0. The van der Waals surface area contributed by atoms with Crippen LogP contribution in [-0.4, -0.2) is 13.4 Å². The van der Waals surface area contributed by atoms with Gasteiger partial charge in [-0.3, -0.25) is 0 Å². The molecule has 0 aliphatic carbocycles. The lowest BCUT2D eigenvalue weighted by molar-refractivity contribution is 0.462. The molecule has 1 aromatic carbocycles. The van der Waals surface area contributed by atoms with Crippen molar-refractivity contribution < 1.29 is 21.6 Å². The number of hydrogen-bond donors (Lipinski definition) is 2. The summed E-state index contributed by atoms with van der Waals surface area (Å²) in [6.07, 6.45) is 1.42. The van der Waals surface area contributed by atoms with Crippen LogP contribution in [-0.2, 0) is 16.6 Å². The molecule has 3 N–H and O–H groups in total. The fourth-order valence-corrected chi connectivity index (χ4v) is 2.54. The average Bonchev–Trinajstić information content (AvgIpc) is 2.79. The first-order chi connectivity index (χ1) is 9.31. The molecule has 1 heterocycles.